The highest BCUT2D eigenvalue weighted by Gasteiger charge is 2.37. The summed E-state index contributed by atoms with van der Waals surface area (Å²) in [5, 5.41) is 2.81. The van der Waals surface area contributed by atoms with E-state index < -0.39 is 5.97 Å². The summed E-state index contributed by atoms with van der Waals surface area (Å²) < 4.78 is 4.72. The number of hydrogen-bond acceptors (Lipinski definition) is 5. The van der Waals surface area contributed by atoms with Crippen LogP contribution in [0.3, 0.4) is 0 Å². The molecule has 0 aliphatic carbocycles. The van der Waals surface area contributed by atoms with Crippen molar-refractivity contribution in [3.8, 4) is 0 Å². The number of benzene rings is 2. The van der Waals surface area contributed by atoms with Crippen LogP contribution in [0.2, 0.25) is 0 Å². The van der Waals surface area contributed by atoms with E-state index in [1.807, 2.05) is 11.9 Å². The van der Waals surface area contributed by atoms with Crippen molar-refractivity contribution in [3.63, 3.8) is 0 Å². The Morgan fingerprint density at radius 2 is 1.93 bits per heavy atom. The molecular formula is C22H23N3O4. The number of amides is 2. The lowest BCUT2D eigenvalue weighted by Crippen LogP contribution is -2.55. The summed E-state index contributed by atoms with van der Waals surface area (Å²) in [5.74, 6) is -0.741. The first-order valence-electron chi connectivity index (χ1n) is 9.67. The summed E-state index contributed by atoms with van der Waals surface area (Å²) in [6.45, 7) is 0.770. The van der Waals surface area contributed by atoms with Crippen LogP contribution in [0.5, 0.6) is 0 Å². The van der Waals surface area contributed by atoms with Crippen LogP contribution in [0, 0.1) is 0 Å². The lowest BCUT2D eigenvalue weighted by molar-refractivity contribution is 0.0585. The number of nitrogens with zero attached hydrogens (tertiary/aromatic N) is 2. The van der Waals surface area contributed by atoms with E-state index >= 15 is 0 Å². The van der Waals surface area contributed by atoms with Crippen LogP contribution in [0.1, 0.15) is 50.3 Å². The number of piperidine rings is 1. The highest BCUT2D eigenvalue weighted by molar-refractivity contribution is 6.08. The third-order valence-electron chi connectivity index (χ3n) is 5.59. The van der Waals surface area contributed by atoms with E-state index in [1.54, 1.807) is 42.5 Å². The molecule has 0 spiro atoms. The second-order valence-corrected chi connectivity index (χ2v) is 7.34. The molecule has 0 saturated carbocycles. The van der Waals surface area contributed by atoms with Gasteiger partial charge in [-0.3, -0.25) is 9.59 Å². The summed E-state index contributed by atoms with van der Waals surface area (Å²) in [7, 11) is 3.28. The number of methoxy groups -OCH3 is 1. The normalized spacial score (nSPS) is 18.0. The molecule has 4 rings (SSSR count). The molecule has 0 radical (unpaired) electrons. The maximum absolute atomic E-state index is 12.9. The molecule has 7 nitrogen and oxygen atoms in total. The van der Waals surface area contributed by atoms with Gasteiger partial charge >= 0.3 is 5.97 Å². The summed E-state index contributed by atoms with van der Waals surface area (Å²) in [6.07, 6.45) is 3.08. The molecule has 2 aliphatic rings. The third-order valence-corrected chi connectivity index (χ3v) is 5.59. The van der Waals surface area contributed by atoms with E-state index in [4.69, 9.17) is 4.74 Å². The van der Waals surface area contributed by atoms with Crippen molar-refractivity contribution in [1.29, 1.82) is 0 Å². The molecule has 1 saturated heterocycles. The highest BCUT2D eigenvalue weighted by Crippen LogP contribution is 2.34. The quantitative estimate of drug-likeness (QED) is 0.811. The molecule has 1 N–H and O–H groups in total. The molecule has 150 valence electrons. The van der Waals surface area contributed by atoms with Crippen molar-refractivity contribution >= 4 is 29.2 Å². The van der Waals surface area contributed by atoms with Crippen molar-refractivity contribution in [2.45, 2.75) is 25.4 Å². The maximum atomic E-state index is 12.9. The van der Waals surface area contributed by atoms with Gasteiger partial charge in [-0.1, -0.05) is 6.07 Å². The largest absolute Gasteiger partial charge is 0.465 e. The molecule has 2 aromatic rings. The molecule has 0 aromatic heterocycles. The van der Waals surface area contributed by atoms with Crippen molar-refractivity contribution in [2.75, 3.05) is 30.9 Å². The Morgan fingerprint density at radius 3 is 2.72 bits per heavy atom. The Bertz CT molecular complexity index is 988. The first-order chi connectivity index (χ1) is 14.0. The lowest BCUT2D eigenvalue weighted by atomic mass is 9.97. The molecule has 0 bridgehead atoms. The van der Waals surface area contributed by atoms with Gasteiger partial charge in [0, 0.05) is 24.8 Å². The number of rotatable bonds is 3. The lowest BCUT2D eigenvalue weighted by Gasteiger charge is -2.46. The number of hydrogen-bond donors (Lipinski definition) is 1. The van der Waals surface area contributed by atoms with E-state index in [1.165, 1.54) is 7.11 Å². The molecule has 1 atom stereocenters. The monoisotopic (exact) mass is 393 g/mol. The van der Waals surface area contributed by atoms with Crippen LogP contribution >= 0.6 is 0 Å². The Balaban J connectivity index is 1.59. The van der Waals surface area contributed by atoms with Crippen LogP contribution in [-0.2, 0) is 4.74 Å². The second-order valence-electron chi connectivity index (χ2n) is 7.34. The van der Waals surface area contributed by atoms with Gasteiger partial charge in [-0.15, -0.1) is 0 Å². The van der Waals surface area contributed by atoms with Gasteiger partial charge in [0.25, 0.3) is 11.8 Å². The fraction of sp³-hybridized carbons (Fsp3) is 0.318. The summed E-state index contributed by atoms with van der Waals surface area (Å²) >= 11 is 0. The van der Waals surface area contributed by atoms with Gasteiger partial charge in [0.05, 0.1) is 23.9 Å². The summed E-state index contributed by atoms with van der Waals surface area (Å²) in [4.78, 5) is 41.3. The number of ether oxygens (including phenoxy) is 1. The molecule has 2 amide bonds. The van der Waals surface area contributed by atoms with Crippen molar-refractivity contribution in [3.05, 3.63) is 59.2 Å². The van der Waals surface area contributed by atoms with Gasteiger partial charge < -0.3 is 19.9 Å². The average molecular weight is 393 g/mol. The Hall–Kier alpha value is -3.35. The van der Waals surface area contributed by atoms with Crippen LogP contribution < -0.4 is 10.2 Å². The second kappa shape index (κ2) is 7.58. The number of nitrogens with one attached hydrogen (secondary N) is 1. The first kappa shape index (κ1) is 19.0. The molecule has 2 aromatic carbocycles. The fourth-order valence-corrected chi connectivity index (χ4v) is 4.06. The minimum absolute atomic E-state index is 0.0283. The number of esters is 1. The number of fused-ring (bicyclic) bond motifs is 2. The van der Waals surface area contributed by atoms with Crippen LogP contribution in [0.15, 0.2) is 42.5 Å². The predicted molar refractivity (Wildman–Crippen MR) is 109 cm³/mol. The molecule has 2 aliphatic heterocycles. The van der Waals surface area contributed by atoms with Crippen LogP contribution in [0.25, 0.3) is 0 Å². The maximum Gasteiger partial charge on any atom is 0.337 e. The predicted octanol–water partition coefficient (Wildman–Crippen LogP) is 3.13. The molecule has 1 unspecified atom stereocenters. The zero-order valence-electron chi connectivity index (χ0n) is 16.5. The molecule has 7 heteroatoms. The Morgan fingerprint density at radius 1 is 1.10 bits per heavy atom. The van der Waals surface area contributed by atoms with Crippen molar-refractivity contribution in [1.82, 2.24) is 4.90 Å². The minimum Gasteiger partial charge on any atom is -0.465 e. The van der Waals surface area contributed by atoms with Gasteiger partial charge in [0.15, 0.2) is 0 Å². The smallest absolute Gasteiger partial charge is 0.337 e. The van der Waals surface area contributed by atoms with Crippen molar-refractivity contribution in [2.24, 2.45) is 0 Å². The van der Waals surface area contributed by atoms with Gasteiger partial charge in [-0.25, -0.2) is 4.79 Å². The van der Waals surface area contributed by atoms with E-state index in [-0.39, 0.29) is 18.0 Å². The van der Waals surface area contributed by atoms with Crippen LogP contribution in [-0.4, -0.2) is 49.6 Å². The minimum atomic E-state index is -0.466. The molecule has 1 fully saturated rings. The summed E-state index contributed by atoms with van der Waals surface area (Å²) in [5.41, 5.74) is 2.71. The SMILES string of the molecule is COC(=O)c1cccc(NC(=O)c2ccc3c(c2)N(C)C2CCCCN2C3=O)c1. The number of anilines is 2. The van der Waals surface area contributed by atoms with Gasteiger partial charge in [0.2, 0.25) is 0 Å². The van der Waals surface area contributed by atoms with Gasteiger partial charge in [-0.2, -0.15) is 0 Å². The zero-order valence-corrected chi connectivity index (χ0v) is 16.5. The number of carbonyl (C=O) groups is 3. The average Bonchev–Trinajstić information content (AvgIpc) is 2.76. The van der Waals surface area contributed by atoms with E-state index in [2.05, 4.69) is 10.2 Å². The molecule has 29 heavy (non-hydrogen) atoms. The van der Waals surface area contributed by atoms with Crippen molar-refractivity contribution < 1.29 is 19.1 Å². The summed E-state index contributed by atoms with van der Waals surface area (Å²) in [6, 6.07) is 11.7. The molecule has 2 heterocycles. The highest BCUT2D eigenvalue weighted by atomic mass is 16.5. The fourth-order valence-electron chi connectivity index (χ4n) is 4.06. The Labute approximate surface area is 169 Å². The van der Waals surface area contributed by atoms with E-state index in [0.717, 1.165) is 31.5 Å². The third kappa shape index (κ3) is 3.44. The van der Waals surface area contributed by atoms with Crippen LogP contribution in [0.4, 0.5) is 11.4 Å². The standard InChI is InChI=1S/C22H23N3O4/c1-24-18-13-14(9-10-17(18)21(27)25-11-4-3-8-19(24)25)20(26)23-16-7-5-6-15(12-16)22(28)29-2/h5-7,9-10,12-13,19H,3-4,8,11H2,1-2H3,(H,23,26). The molecular weight excluding hydrogens is 370 g/mol. The van der Waals surface area contributed by atoms with E-state index in [9.17, 15) is 14.4 Å². The first-order valence-corrected chi connectivity index (χ1v) is 9.67. The number of carbonyl (C=O) groups excluding carboxylic acids is 3. The van der Waals surface area contributed by atoms with Gasteiger partial charge in [-0.05, 0) is 55.7 Å². The zero-order chi connectivity index (χ0) is 20.5. The topological polar surface area (TPSA) is 79.0 Å². The van der Waals surface area contributed by atoms with E-state index in [0.29, 0.717) is 22.4 Å². The Kier molecular flexibility index (Phi) is 4.96. The van der Waals surface area contributed by atoms with Gasteiger partial charge in [0.1, 0.15) is 6.17 Å².